The van der Waals surface area contributed by atoms with Crippen LogP contribution in [0, 0.1) is 5.92 Å². The standard InChI is InChI=1S/C12H18ClN3OS/c1-7(2)10-11(18-16-15-10)12(17)14-6-8-4-3-5-9(8)13/h7-9H,3-6H2,1-2H3,(H,14,17). The summed E-state index contributed by atoms with van der Waals surface area (Å²) < 4.78 is 3.86. The third kappa shape index (κ3) is 3.01. The molecule has 1 N–H and O–H groups in total. The first-order chi connectivity index (χ1) is 8.59. The van der Waals surface area contributed by atoms with Gasteiger partial charge in [0.05, 0.1) is 5.69 Å². The van der Waals surface area contributed by atoms with Crippen molar-refractivity contribution in [2.75, 3.05) is 6.54 Å². The van der Waals surface area contributed by atoms with E-state index in [1.165, 1.54) is 0 Å². The van der Waals surface area contributed by atoms with Crippen molar-refractivity contribution in [1.29, 1.82) is 0 Å². The Hall–Kier alpha value is -0.680. The van der Waals surface area contributed by atoms with E-state index in [2.05, 4.69) is 14.9 Å². The fourth-order valence-electron chi connectivity index (χ4n) is 2.26. The Morgan fingerprint density at radius 1 is 1.56 bits per heavy atom. The molecule has 2 rings (SSSR count). The Balaban J connectivity index is 1.93. The Bertz CT molecular complexity index is 421. The predicted molar refractivity (Wildman–Crippen MR) is 73.3 cm³/mol. The zero-order valence-corrected chi connectivity index (χ0v) is 12.2. The predicted octanol–water partition coefficient (Wildman–Crippen LogP) is 2.80. The second-order valence-corrected chi connectivity index (χ2v) is 6.37. The van der Waals surface area contributed by atoms with E-state index in [4.69, 9.17) is 11.6 Å². The van der Waals surface area contributed by atoms with E-state index in [1.54, 1.807) is 0 Å². The van der Waals surface area contributed by atoms with Crippen LogP contribution in [0.15, 0.2) is 0 Å². The number of nitrogens with one attached hydrogen (secondary N) is 1. The molecule has 1 aliphatic carbocycles. The number of amides is 1. The molecule has 1 aromatic heterocycles. The fraction of sp³-hybridized carbons (Fsp3) is 0.750. The summed E-state index contributed by atoms with van der Waals surface area (Å²) in [5.74, 6) is 0.556. The molecule has 1 aromatic rings. The Morgan fingerprint density at radius 3 is 2.94 bits per heavy atom. The number of hydrogen-bond acceptors (Lipinski definition) is 4. The van der Waals surface area contributed by atoms with E-state index in [-0.39, 0.29) is 17.2 Å². The van der Waals surface area contributed by atoms with Crippen LogP contribution in [0.25, 0.3) is 0 Å². The van der Waals surface area contributed by atoms with Crippen LogP contribution in [0.5, 0.6) is 0 Å². The van der Waals surface area contributed by atoms with Crippen LogP contribution in [0.3, 0.4) is 0 Å². The first-order valence-corrected chi connectivity index (χ1v) is 7.55. The van der Waals surface area contributed by atoms with E-state index in [0.717, 1.165) is 36.5 Å². The minimum atomic E-state index is -0.0653. The third-order valence-electron chi connectivity index (χ3n) is 3.36. The number of aromatic nitrogens is 2. The molecular weight excluding hydrogens is 270 g/mol. The molecule has 1 amide bonds. The molecule has 18 heavy (non-hydrogen) atoms. The molecule has 0 aliphatic heterocycles. The van der Waals surface area contributed by atoms with Gasteiger partial charge in [-0.05, 0) is 36.2 Å². The Kier molecular flexibility index (Phi) is 4.56. The van der Waals surface area contributed by atoms with Crippen LogP contribution < -0.4 is 5.32 Å². The number of carbonyl (C=O) groups is 1. The van der Waals surface area contributed by atoms with E-state index in [9.17, 15) is 4.79 Å². The van der Waals surface area contributed by atoms with Crippen LogP contribution in [-0.2, 0) is 0 Å². The molecule has 1 heterocycles. The lowest BCUT2D eigenvalue weighted by Crippen LogP contribution is -2.31. The van der Waals surface area contributed by atoms with Gasteiger partial charge in [0.25, 0.3) is 5.91 Å². The second-order valence-electron chi connectivity index (χ2n) is 5.06. The molecule has 6 heteroatoms. The number of hydrogen-bond donors (Lipinski definition) is 1. The molecule has 1 fully saturated rings. The minimum absolute atomic E-state index is 0.0653. The van der Waals surface area contributed by atoms with Crippen LogP contribution in [0.1, 0.15) is 54.4 Å². The van der Waals surface area contributed by atoms with Crippen molar-refractivity contribution in [1.82, 2.24) is 14.9 Å². The van der Waals surface area contributed by atoms with Gasteiger partial charge in [-0.1, -0.05) is 24.8 Å². The third-order valence-corrected chi connectivity index (χ3v) is 4.67. The lowest BCUT2D eigenvalue weighted by molar-refractivity contribution is 0.0950. The largest absolute Gasteiger partial charge is 0.351 e. The number of rotatable bonds is 4. The van der Waals surface area contributed by atoms with Gasteiger partial charge in [-0.2, -0.15) is 0 Å². The van der Waals surface area contributed by atoms with Crippen LogP contribution >= 0.6 is 23.1 Å². The fourth-order valence-corrected chi connectivity index (χ4v) is 3.36. The maximum atomic E-state index is 12.1. The summed E-state index contributed by atoms with van der Waals surface area (Å²) in [6.07, 6.45) is 3.32. The average molecular weight is 288 g/mol. The van der Waals surface area contributed by atoms with Gasteiger partial charge in [-0.3, -0.25) is 4.79 Å². The van der Waals surface area contributed by atoms with Crippen LogP contribution in [0.4, 0.5) is 0 Å². The first kappa shape index (κ1) is 13.7. The normalized spacial score (nSPS) is 23.6. The maximum Gasteiger partial charge on any atom is 0.264 e. The van der Waals surface area contributed by atoms with E-state index < -0.39 is 0 Å². The van der Waals surface area contributed by atoms with Crippen LogP contribution in [0.2, 0.25) is 0 Å². The molecule has 0 aromatic carbocycles. The molecule has 100 valence electrons. The summed E-state index contributed by atoms with van der Waals surface area (Å²) in [4.78, 5) is 12.7. The van der Waals surface area contributed by atoms with Gasteiger partial charge < -0.3 is 5.32 Å². The molecule has 2 unspecified atom stereocenters. The van der Waals surface area contributed by atoms with Crippen molar-refractivity contribution in [3.05, 3.63) is 10.6 Å². The summed E-state index contributed by atoms with van der Waals surface area (Å²) >= 11 is 7.36. The highest BCUT2D eigenvalue weighted by Gasteiger charge is 2.26. The lowest BCUT2D eigenvalue weighted by Gasteiger charge is -2.14. The number of alkyl halides is 1. The number of halogens is 1. The first-order valence-electron chi connectivity index (χ1n) is 6.34. The highest BCUT2D eigenvalue weighted by atomic mass is 35.5. The Labute approximate surface area is 116 Å². The van der Waals surface area contributed by atoms with Crippen molar-refractivity contribution < 1.29 is 4.79 Å². The van der Waals surface area contributed by atoms with Gasteiger partial charge in [-0.15, -0.1) is 16.7 Å². The maximum absolute atomic E-state index is 12.1. The molecule has 1 saturated carbocycles. The summed E-state index contributed by atoms with van der Waals surface area (Å²) in [6, 6.07) is 0. The molecular formula is C12H18ClN3OS. The zero-order chi connectivity index (χ0) is 13.1. The lowest BCUT2D eigenvalue weighted by atomic mass is 10.1. The summed E-state index contributed by atoms with van der Waals surface area (Å²) in [5.41, 5.74) is 0.784. The number of carbonyl (C=O) groups excluding carboxylic acids is 1. The highest BCUT2D eigenvalue weighted by molar-refractivity contribution is 7.08. The molecule has 1 aliphatic rings. The molecule has 4 nitrogen and oxygen atoms in total. The van der Waals surface area contributed by atoms with Gasteiger partial charge >= 0.3 is 0 Å². The summed E-state index contributed by atoms with van der Waals surface area (Å²) in [7, 11) is 0. The molecule has 0 spiro atoms. The van der Waals surface area contributed by atoms with Gasteiger partial charge in [0, 0.05) is 11.9 Å². The van der Waals surface area contributed by atoms with Crippen molar-refractivity contribution >= 4 is 29.0 Å². The molecule has 0 bridgehead atoms. The van der Waals surface area contributed by atoms with Gasteiger partial charge in [0.1, 0.15) is 4.88 Å². The van der Waals surface area contributed by atoms with Gasteiger partial charge in [0.15, 0.2) is 0 Å². The van der Waals surface area contributed by atoms with Crippen LogP contribution in [-0.4, -0.2) is 27.4 Å². The average Bonchev–Trinajstić information content (AvgIpc) is 2.94. The molecule has 0 radical (unpaired) electrons. The number of nitrogens with zero attached hydrogens (tertiary/aromatic N) is 2. The van der Waals surface area contributed by atoms with E-state index in [1.807, 2.05) is 13.8 Å². The monoisotopic (exact) mass is 287 g/mol. The van der Waals surface area contributed by atoms with Gasteiger partial charge in [0.2, 0.25) is 0 Å². The summed E-state index contributed by atoms with van der Waals surface area (Å²) in [5, 5.41) is 7.18. The van der Waals surface area contributed by atoms with Crippen molar-refractivity contribution in [3.63, 3.8) is 0 Å². The SMILES string of the molecule is CC(C)c1nnsc1C(=O)NCC1CCCC1Cl. The smallest absolute Gasteiger partial charge is 0.264 e. The second kappa shape index (κ2) is 5.97. The van der Waals surface area contributed by atoms with Crippen molar-refractivity contribution in [2.45, 2.75) is 44.4 Å². The van der Waals surface area contributed by atoms with Crippen molar-refractivity contribution in [3.8, 4) is 0 Å². The topological polar surface area (TPSA) is 54.9 Å². The Morgan fingerprint density at radius 2 is 2.33 bits per heavy atom. The quantitative estimate of drug-likeness (QED) is 0.867. The minimum Gasteiger partial charge on any atom is -0.351 e. The van der Waals surface area contributed by atoms with Crippen molar-refractivity contribution in [2.24, 2.45) is 5.92 Å². The highest BCUT2D eigenvalue weighted by Crippen LogP contribution is 2.29. The zero-order valence-electron chi connectivity index (χ0n) is 10.6. The van der Waals surface area contributed by atoms with E-state index in [0.29, 0.717) is 17.3 Å². The molecule has 0 saturated heterocycles. The van der Waals surface area contributed by atoms with Gasteiger partial charge in [-0.25, -0.2) is 0 Å². The molecule has 2 atom stereocenters. The summed E-state index contributed by atoms with van der Waals surface area (Å²) in [6.45, 7) is 4.68. The van der Waals surface area contributed by atoms with E-state index >= 15 is 0 Å².